The van der Waals surface area contributed by atoms with Gasteiger partial charge in [-0.25, -0.2) is 0 Å². The van der Waals surface area contributed by atoms with Crippen molar-refractivity contribution in [3.63, 3.8) is 0 Å². The highest BCUT2D eigenvalue weighted by Gasteiger charge is 2.11. The van der Waals surface area contributed by atoms with Crippen LogP contribution >= 0.6 is 0 Å². The second kappa shape index (κ2) is 9.96. The van der Waals surface area contributed by atoms with Crippen molar-refractivity contribution in [3.05, 3.63) is 97.1 Å². The monoisotopic (exact) mass is 478 g/mol. The summed E-state index contributed by atoms with van der Waals surface area (Å²) in [6, 6.07) is 32.4. The largest absolute Gasteiger partial charge is 0.481 e. The molecule has 0 radical (unpaired) electrons. The summed E-state index contributed by atoms with van der Waals surface area (Å²) in [6.45, 7) is 1.01. The Bertz CT molecular complexity index is 1480. The van der Waals surface area contributed by atoms with Crippen molar-refractivity contribution >= 4 is 55.6 Å². The molecule has 0 fully saturated rings. The number of carboxylic acid groups (broad SMARTS) is 2. The van der Waals surface area contributed by atoms with Gasteiger partial charge in [-0.1, -0.05) is 72.8 Å². The molecule has 0 atom stereocenters. The molecule has 0 bridgehead atoms. The Morgan fingerprint density at radius 3 is 0.972 bits per heavy atom. The first kappa shape index (κ1) is 23.2. The highest BCUT2D eigenvalue weighted by atomic mass is 16.4. The van der Waals surface area contributed by atoms with E-state index in [0.717, 1.165) is 22.1 Å². The molecule has 0 saturated heterocycles. The third kappa shape index (κ3) is 4.41. The number of nitrogens with zero attached hydrogens (tertiary/aromatic N) is 2. The number of rotatable bonds is 6. The number of carboxylic acids is 2. The third-order valence-corrected chi connectivity index (χ3v) is 6.46. The fourth-order valence-corrected chi connectivity index (χ4v) is 4.90. The number of hydrogen-bond donors (Lipinski definition) is 2. The molecule has 0 spiro atoms. The Labute approximate surface area is 207 Å². The van der Waals surface area contributed by atoms with Gasteiger partial charge in [0, 0.05) is 56.7 Å². The zero-order chi connectivity index (χ0) is 25.1. The molecule has 0 saturated carbocycles. The van der Waals surface area contributed by atoms with E-state index in [1.807, 2.05) is 72.8 Å². The number of benzene rings is 4. The van der Waals surface area contributed by atoms with Gasteiger partial charge in [-0.3, -0.25) is 9.59 Å². The maximum atomic E-state index is 10.8. The van der Waals surface area contributed by atoms with Gasteiger partial charge in [-0.05, 0) is 24.3 Å². The molecule has 180 valence electrons. The molecule has 6 nitrogen and oxygen atoms in total. The van der Waals surface area contributed by atoms with E-state index in [9.17, 15) is 9.59 Å². The van der Waals surface area contributed by atoms with Crippen molar-refractivity contribution < 1.29 is 19.8 Å². The average Bonchev–Trinajstić information content (AvgIpc) is 3.39. The van der Waals surface area contributed by atoms with Gasteiger partial charge >= 0.3 is 11.9 Å². The van der Waals surface area contributed by atoms with Gasteiger partial charge < -0.3 is 19.3 Å². The summed E-state index contributed by atoms with van der Waals surface area (Å²) >= 11 is 0. The molecule has 6 rings (SSSR count). The molecule has 2 aromatic heterocycles. The van der Waals surface area contributed by atoms with Crippen molar-refractivity contribution in [1.29, 1.82) is 0 Å². The zero-order valence-electron chi connectivity index (χ0n) is 19.7. The van der Waals surface area contributed by atoms with E-state index >= 15 is 0 Å². The van der Waals surface area contributed by atoms with Crippen molar-refractivity contribution in [2.45, 2.75) is 25.9 Å². The minimum Gasteiger partial charge on any atom is -0.481 e. The van der Waals surface area contributed by atoms with E-state index in [-0.39, 0.29) is 12.8 Å². The van der Waals surface area contributed by atoms with Gasteiger partial charge in [0.1, 0.15) is 0 Å². The third-order valence-electron chi connectivity index (χ3n) is 6.46. The number of aliphatic carboxylic acids is 2. The summed E-state index contributed by atoms with van der Waals surface area (Å²) in [5, 5.41) is 22.4. The van der Waals surface area contributed by atoms with Crippen LogP contribution in [0.2, 0.25) is 0 Å². The number of aryl methyl sites for hydroxylation is 2. The van der Waals surface area contributed by atoms with E-state index in [0.29, 0.717) is 13.1 Å². The molecule has 0 amide bonds. The van der Waals surface area contributed by atoms with Crippen LogP contribution in [0.1, 0.15) is 12.8 Å². The summed E-state index contributed by atoms with van der Waals surface area (Å²) in [4.78, 5) is 21.5. The first-order chi connectivity index (χ1) is 17.5. The summed E-state index contributed by atoms with van der Waals surface area (Å²) in [7, 11) is 0. The first-order valence-electron chi connectivity index (χ1n) is 11.9. The van der Waals surface area contributed by atoms with Crippen molar-refractivity contribution in [2.24, 2.45) is 0 Å². The lowest BCUT2D eigenvalue weighted by Gasteiger charge is -2.04. The predicted octanol–water partition coefficient (Wildman–Crippen LogP) is 6.54. The van der Waals surface area contributed by atoms with Gasteiger partial charge in [-0.2, -0.15) is 0 Å². The Balaban J connectivity index is 0.000000148. The topological polar surface area (TPSA) is 84.5 Å². The molecule has 6 heteroatoms. The molecule has 0 aliphatic carbocycles. The smallest absolute Gasteiger partial charge is 0.305 e. The molecule has 0 aliphatic heterocycles. The van der Waals surface area contributed by atoms with Crippen LogP contribution in [0.15, 0.2) is 97.1 Å². The van der Waals surface area contributed by atoms with Crippen LogP contribution in [0.5, 0.6) is 0 Å². The lowest BCUT2D eigenvalue weighted by Crippen LogP contribution is -2.04. The number of carbonyl (C=O) groups is 2. The summed E-state index contributed by atoms with van der Waals surface area (Å²) in [5.41, 5.74) is 4.39. The van der Waals surface area contributed by atoms with Crippen molar-refractivity contribution in [3.8, 4) is 0 Å². The molecular formula is C30H26N2O4. The van der Waals surface area contributed by atoms with E-state index in [1.165, 1.54) is 21.5 Å². The highest BCUT2D eigenvalue weighted by Crippen LogP contribution is 2.29. The molecule has 0 unspecified atom stereocenters. The Morgan fingerprint density at radius 1 is 0.472 bits per heavy atom. The zero-order valence-corrected chi connectivity index (χ0v) is 19.7. The molecule has 6 aromatic rings. The van der Waals surface area contributed by atoms with Crippen LogP contribution in [0.25, 0.3) is 43.6 Å². The fraction of sp³-hybridized carbons (Fsp3) is 0.133. The van der Waals surface area contributed by atoms with Crippen LogP contribution in [0.4, 0.5) is 0 Å². The normalized spacial score (nSPS) is 11.1. The maximum absolute atomic E-state index is 10.8. The molecule has 2 N–H and O–H groups in total. The van der Waals surface area contributed by atoms with Crippen LogP contribution in [-0.2, 0) is 22.7 Å². The molecule has 0 aliphatic rings. The van der Waals surface area contributed by atoms with Crippen molar-refractivity contribution in [2.75, 3.05) is 0 Å². The van der Waals surface area contributed by atoms with Gasteiger partial charge in [0.15, 0.2) is 0 Å². The summed E-state index contributed by atoms with van der Waals surface area (Å²) in [6.07, 6.45) is 0.283. The molecular weight excluding hydrogens is 452 g/mol. The molecule has 36 heavy (non-hydrogen) atoms. The number of aromatic nitrogens is 2. The summed E-state index contributed by atoms with van der Waals surface area (Å²) < 4.78 is 4.16. The van der Waals surface area contributed by atoms with E-state index in [2.05, 4.69) is 33.4 Å². The van der Waals surface area contributed by atoms with Crippen molar-refractivity contribution in [1.82, 2.24) is 9.13 Å². The van der Waals surface area contributed by atoms with Crippen LogP contribution in [0, 0.1) is 0 Å². The summed E-state index contributed by atoms with van der Waals surface area (Å²) in [5.74, 6) is -1.53. The molecule has 2 heterocycles. The van der Waals surface area contributed by atoms with Crippen LogP contribution in [0.3, 0.4) is 0 Å². The van der Waals surface area contributed by atoms with E-state index in [1.54, 1.807) is 0 Å². The number of para-hydroxylation sites is 4. The quantitative estimate of drug-likeness (QED) is 0.285. The highest BCUT2D eigenvalue weighted by molar-refractivity contribution is 6.08. The van der Waals surface area contributed by atoms with E-state index in [4.69, 9.17) is 10.2 Å². The Hall–Kier alpha value is -4.58. The van der Waals surface area contributed by atoms with E-state index < -0.39 is 11.9 Å². The first-order valence-corrected chi connectivity index (χ1v) is 11.9. The molecule has 4 aromatic carbocycles. The fourth-order valence-electron chi connectivity index (χ4n) is 4.90. The van der Waals surface area contributed by atoms with Gasteiger partial charge in [0.05, 0.1) is 12.8 Å². The lowest BCUT2D eigenvalue weighted by atomic mass is 10.2. The minimum absolute atomic E-state index is 0.142. The van der Waals surface area contributed by atoms with Gasteiger partial charge in [0.25, 0.3) is 0 Å². The van der Waals surface area contributed by atoms with Crippen LogP contribution < -0.4 is 0 Å². The SMILES string of the molecule is O=C(O)CCn1c2ccccc2c2ccccc21.O=C(O)CCn1c2ccccc2c2ccccc21. The van der Waals surface area contributed by atoms with Gasteiger partial charge in [-0.15, -0.1) is 0 Å². The number of fused-ring (bicyclic) bond motifs is 6. The number of hydrogen-bond acceptors (Lipinski definition) is 2. The Morgan fingerprint density at radius 2 is 0.722 bits per heavy atom. The predicted molar refractivity (Wildman–Crippen MR) is 143 cm³/mol. The average molecular weight is 479 g/mol. The van der Waals surface area contributed by atoms with Gasteiger partial charge in [0.2, 0.25) is 0 Å². The maximum Gasteiger partial charge on any atom is 0.305 e. The second-order valence-electron chi connectivity index (χ2n) is 8.66. The standard InChI is InChI=1S/2C15H13NO2/c2*17-15(18)9-10-16-13-7-3-1-5-11(13)12-6-2-4-8-14(12)16/h2*1-8H,9-10H2,(H,17,18). The van der Waals surface area contributed by atoms with Crippen LogP contribution in [-0.4, -0.2) is 31.3 Å². The lowest BCUT2D eigenvalue weighted by molar-refractivity contribution is -0.138. The minimum atomic E-state index is -0.767. The second-order valence-corrected chi connectivity index (χ2v) is 8.66. The Kier molecular flexibility index (Phi) is 6.41.